The van der Waals surface area contributed by atoms with Crippen LogP contribution in [0.2, 0.25) is 0 Å². The standard InChI is InChI=1S/C26H32N2/c1-17(2)22-12-9-13-23(18(3)4)26(22)28-27-16-21-10-7-8-11-25(21)24-15-14-19(5)20(24)6/h7-14,16-18,28H,15H2,1-6H3/b27-16+. The summed E-state index contributed by atoms with van der Waals surface area (Å²) < 4.78 is 0. The van der Waals surface area contributed by atoms with Crippen molar-refractivity contribution in [1.82, 2.24) is 0 Å². The number of benzene rings is 2. The topological polar surface area (TPSA) is 24.4 Å². The van der Waals surface area contributed by atoms with Gasteiger partial charge in [0.05, 0.1) is 11.9 Å². The monoisotopic (exact) mass is 372 g/mol. The zero-order valence-electron chi connectivity index (χ0n) is 18.0. The third-order valence-electron chi connectivity index (χ3n) is 5.70. The number of nitrogens with one attached hydrogen (secondary N) is 1. The van der Waals surface area contributed by atoms with Crippen LogP contribution in [0.1, 0.15) is 82.1 Å². The van der Waals surface area contributed by atoms with Crippen LogP contribution in [-0.4, -0.2) is 6.21 Å². The molecule has 0 amide bonds. The summed E-state index contributed by atoms with van der Waals surface area (Å²) in [6.07, 6.45) is 5.28. The molecule has 28 heavy (non-hydrogen) atoms. The summed E-state index contributed by atoms with van der Waals surface area (Å²) in [5.41, 5.74) is 13.8. The van der Waals surface area contributed by atoms with Gasteiger partial charge in [-0.2, -0.15) is 5.10 Å². The number of allylic oxidation sites excluding steroid dienone is 4. The van der Waals surface area contributed by atoms with Gasteiger partial charge in [0.25, 0.3) is 0 Å². The molecule has 2 nitrogen and oxygen atoms in total. The molecule has 0 aromatic heterocycles. The van der Waals surface area contributed by atoms with Crippen LogP contribution in [-0.2, 0) is 0 Å². The lowest BCUT2D eigenvalue weighted by Gasteiger charge is -2.18. The molecule has 0 heterocycles. The lowest BCUT2D eigenvalue weighted by atomic mass is 9.93. The first-order valence-electron chi connectivity index (χ1n) is 10.3. The molecule has 2 heteroatoms. The van der Waals surface area contributed by atoms with Gasteiger partial charge in [-0.25, -0.2) is 0 Å². The Balaban J connectivity index is 1.92. The Morgan fingerprint density at radius 2 is 1.54 bits per heavy atom. The molecule has 1 N–H and O–H groups in total. The first kappa shape index (κ1) is 20.1. The molecule has 1 aliphatic carbocycles. The Morgan fingerprint density at radius 3 is 2.11 bits per heavy atom. The van der Waals surface area contributed by atoms with Gasteiger partial charge in [0.1, 0.15) is 0 Å². The molecule has 146 valence electrons. The lowest BCUT2D eigenvalue weighted by Crippen LogP contribution is -2.04. The van der Waals surface area contributed by atoms with Crippen molar-refractivity contribution in [3.63, 3.8) is 0 Å². The van der Waals surface area contributed by atoms with Crippen LogP contribution < -0.4 is 5.43 Å². The smallest absolute Gasteiger partial charge is 0.0630 e. The minimum Gasteiger partial charge on any atom is -0.278 e. The van der Waals surface area contributed by atoms with E-state index in [-0.39, 0.29) is 0 Å². The summed E-state index contributed by atoms with van der Waals surface area (Å²) in [5.74, 6) is 0.896. The number of hydrogen-bond acceptors (Lipinski definition) is 2. The highest BCUT2D eigenvalue weighted by Gasteiger charge is 2.15. The van der Waals surface area contributed by atoms with Gasteiger partial charge in [-0.15, -0.1) is 0 Å². The lowest BCUT2D eigenvalue weighted by molar-refractivity contribution is 0.835. The van der Waals surface area contributed by atoms with Crippen molar-refractivity contribution in [3.8, 4) is 0 Å². The van der Waals surface area contributed by atoms with E-state index in [1.807, 2.05) is 6.21 Å². The van der Waals surface area contributed by atoms with Crippen LogP contribution >= 0.6 is 0 Å². The van der Waals surface area contributed by atoms with E-state index in [1.165, 1.54) is 33.4 Å². The van der Waals surface area contributed by atoms with Crippen LogP contribution in [0.15, 0.2) is 64.8 Å². The highest BCUT2D eigenvalue weighted by molar-refractivity contribution is 5.91. The van der Waals surface area contributed by atoms with Crippen LogP contribution in [0, 0.1) is 0 Å². The Labute approximate surface area is 170 Å². The van der Waals surface area contributed by atoms with Gasteiger partial charge in [-0.3, -0.25) is 5.43 Å². The van der Waals surface area contributed by atoms with E-state index in [0.717, 1.165) is 17.7 Å². The van der Waals surface area contributed by atoms with Gasteiger partial charge in [0, 0.05) is 5.56 Å². The van der Waals surface area contributed by atoms with E-state index >= 15 is 0 Å². The maximum atomic E-state index is 4.66. The van der Waals surface area contributed by atoms with Crippen molar-refractivity contribution in [2.24, 2.45) is 5.10 Å². The van der Waals surface area contributed by atoms with E-state index in [0.29, 0.717) is 11.8 Å². The number of nitrogens with zero attached hydrogens (tertiary/aromatic N) is 1. The van der Waals surface area contributed by atoms with Gasteiger partial charge in [0.15, 0.2) is 0 Å². The zero-order valence-corrected chi connectivity index (χ0v) is 18.0. The van der Waals surface area contributed by atoms with Gasteiger partial charge in [-0.1, -0.05) is 81.8 Å². The Morgan fingerprint density at radius 1 is 0.893 bits per heavy atom. The highest BCUT2D eigenvalue weighted by Crippen LogP contribution is 2.35. The molecule has 3 rings (SSSR count). The van der Waals surface area contributed by atoms with E-state index in [1.54, 1.807) is 0 Å². The molecule has 0 radical (unpaired) electrons. The van der Waals surface area contributed by atoms with Crippen LogP contribution in [0.5, 0.6) is 0 Å². The molecular formula is C26H32N2. The van der Waals surface area contributed by atoms with Crippen molar-refractivity contribution in [3.05, 3.63) is 81.9 Å². The molecule has 0 spiro atoms. The summed E-state index contributed by atoms with van der Waals surface area (Å²) >= 11 is 0. The first-order chi connectivity index (χ1) is 13.4. The molecule has 2 aromatic carbocycles. The molecule has 0 bridgehead atoms. The molecule has 0 saturated heterocycles. The van der Waals surface area contributed by atoms with Crippen molar-refractivity contribution in [1.29, 1.82) is 0 Å². The van der Waals surface area contributed by atoms with Gasteiger partial charge in [0.2, 0.25) is 0 Å². The minimum atomic E-state index is 0.448. The Kier molecular flexibility index (Phi) is 6.18. The second-order valence-corrected chi connectivity index (χ2v) is 8.27. The number of para-hydroxylation sites is 1. The van der Waals surface area contributed by atoms with E-state index < -0.39 is 0 Å². The normalized spacial score (nSPS) is 14.5. The van der Waals surface area contributed by atoms with Crippen LogP contribution in [0.4, 0.5) is 5.69 Å². The SMILES string of the molecule is CC1=CCC(c2ccccc2/C=N/Nc2c(C(C)C)cccc2C(C)C)=C1C. The predicted octanol–water partition coefficient (Wildman–Crippen LogP) is 7.50. The molecular weight excluding hydrogens is 340 g/mol. The fourth-order valence-electron chi connectivity index (χ4n) is 3.84. The van der Waals surface area contributed by atoms with Crippen molar-refractivity contribution in [2.45, 2.75) is 59.8 Å². The Bertz CT molecular complexity index is 916. The molecule has 1 aliphatic rings. The fraction of sp³-hybridized carbons (Fsp3) is 0.346. The molecule has 0 atom stereocenters. The number of rotatable bonds is 6. The van der Waals surface area contributed by atoms with Gasteiger partial charge >= 0.3 is 0 Å². The van der Waals surface area contributed by atoms with E-state index in [2.05, 4.69) is 101 Å². The fourth-order valence-corrected chi connectivity index (χ4v) is 3.84. The van der Waals surface area contributed by atoms with Crippen molar-refractivity contribution in [2.75, 3.05) is 5.43 Å². The maximum Gasteiger partial charge on any atom is 0.0630 e. The van der Waals surface area contributed by atoms with Crippen LogP contribution in [0.25, 0.3) is 5.57 Å². The van der Waals surface area contributed by atoms with E-state index in [4.69, 9.17) is 0 Å². The van der Waals surface area contributed by atoms with E-state index in [9.17, 15) is 0 Å². The largest absolute Gasteiger partial charge is 0.278 e. The average molecular weight is 373 g/mol. The van der Waals surface area contributed by atoms with Crippen LogP contribution in [0.3, 0.4) is 0 Å². The summed E-state index contributed by atoms with van der Waals surface area (Å²) in [7, 11) is 0. The zero-order chi connectivity index (χ0) is 20.3. The Hall–Kier alpha value is -2.61. The number of hydrogen-bond donors (Lipinski definition) is 1. The summed E-state index contributed by atoms with van der Waals surface area (Å²) in [6, 6.07) is 15.1. The third-order valence-corrected chi connectivity index (χ3v) is 5.70. The van der Waals surface area contributed by atoms with Crippen molar-refractivity contribution < 1.29 is 0 Å². The highest BCUT2D eigenvalue weighted by atomic mass is 15.3. The third kappa shape index (κ3) is 4.11. The van der Waals surface area contributed by atoms with Gasteiger partial charge in [-0.05, 0) is 59.9 Å². The van der Waals surface area contributed by atoms with Crippen molar-refractivity contribution >= 4 is 17.5 Å². The van der Waals surface area contributed by atoms with Gasteiger partial charge < -0.3 is 0 Å². The molecule has 2 aromatic rings. The minimum absolute atomic E-state index is 0.448. The summed E-state index contributed by atoms with van der Waals surface area (Å²) in [5, 5.41) is 4.66. The molecule has 0 fully saturated rings. The number of anilines is 1. The quantitative estimate of drug-likeness (QED) is 0.412. The first-order valence-corrected chi connectivity index (χ1v) is 10.3. The molecule has 0 aliphatic heterocycles. The average Bonchev–Trinajstić information content (AvgIpc) is 3.00. The number of hydrazone groups is 1. The molecule has 0 saturated carbocycles. The second kappa shape index (κ2) is 8.60. The summed E-state index contributed by atoms with van der Waals surface area (Å²) in [6.45, 7) is 13.3. The second-order valence-electron chi connectivity index (χ2n) is 8.27. The maximum absolute atomic E-state index is 4.66. The molecule has 0 unspecified atom stereocenters. The summed E-state index contributed by atoms with van der Waals surface area (Å²) in [4.78, 5) is 0. The predicted molar refractivity (Wildman–Crippen MR) is 123 cm³/mol.